The summed E-state index contributed by atoms with van der Waals surface area (Å²) < 4.78 is 2.01. The van der Waals surface area contributed by atoms with Gasteiger partial charge in [-0.3, -0.25) is 0 Å². The van der Waals surface area contributed by atoms with Gasteiger partial charge >= 0.3 is 0 Å². The van der Waals surface area contributed by atoms with Crippen LogP contribution >= 0.6 is 23.1 Å². The molecule has 6 heteroatoms. The molecule has 2 aromatic heterocycles. The monoisotopic (exact) mass is 364 g/mol. The number of benzene rings is 2. The van der Waals surface area contributed by atoms with E-state index < -0.39 is 0 Å². The molecule has 25 heavy (non-hydrogen) atoms. The lowest BCUT2D eigenvalue weighted by atomic mass is 10.2. The molecule has 0 aliphatic carbocycles. The zero-order valence-electron chi connectivity index (χ0n) is 13.7. The zero-order chi connectivity index (χ0) is 17.1. The van der Waals surface area contributed by atoms with Crippen LogP contribution in [0.2, 0.25) is 0 Å². The maximum atomic E-state index is 4.73. The first-order valence-electron chi connectivity index (χ1n) is 7.89. The standard InChI is InChI=1S/C19H16N4S2/c1-23-17(16-13-24-18(20-16)15-10-6-3-7-11-15)21-22-19(23)25-12-14-8-4-2-5-9-14/h2-11,13H,12H2,1H3. The fraction of sp³-hybridized carbons (Fsp3) is 0.105. The number of rotatable bonds is 5. The van der Waals surface area contributed by atoms with E-state index in [0.717, 1.165) is 33.0 Å². The summed E-state index contributed by atoms with van der Waals surface area (Å²) in [6.07, 6.45) is 0. The Morgan fingerprint density at radius 2 is 1.68 bits per heavy atom. The van der Waals surface area contributed by atoms with E-state index in [1.165, 1.54) is 5.56 Å². The molecule has 0 aliphatic heterocycles. The molecular formula is C19H16N4S2. The van der Waals surface area contributed by atoms with Gasteiger partial charge in [0.2, 0.25) is 0 Å². The third-order valence-electron chi connectivity index (χ3n) is 3.80. The van der Waals surface area contributed by atoms with Crippen molar-refractivity contribution in [1.29, 1.82) is 0 Å². The van der Waals surface area contributed by atoms with Crippen molar-refractivity contribution in [2.75, 3.05) is 0 Å². The van der Waals surface area contributed by atoms with Gasteiger partial charge in [0.1, 0.15) is 10.7 Å². The molecule has 0 saturated heterocycles. The average molecular weight is 364 g/mol. The summed E-state index contributed by atoms with van der Waals surface area (Å²) in [5.41, 5.74) is 3.27. The van der Waals surface area contributed by atoms with E-state index >= 15 is 0 Å². The van der Waals surface area contributed by atoms with Crippen LogP contribution in [0.15, 0.2) is 71.2 Å². The van der Waals surface area contributed by atoms with Crippen LogP contribution in [0.4, 0.5) is 0 Å². The Labute approximate surface area is 154 Å². The van der Waals surface area contributed by atoms with Crippen LogP contribution in [-0.4, -0.2) is 19.7 Å². The third-order valence-corrected chi connectivity index (χ3v) is 5.78. The minimum atomic E-state index is 0.800. The van der Waals surface area contributed by atoms with E-state index in [2.05, 4.69) is 46.6 Å². The van der Waals surface area contributed by atoms with Gasteiger partial charge in [-0.25, -0.2) is 4.98 Å². The van der Waals surface area contributed by atoms with Crippen molar-refractivity contribution >= 4 is 23.1 Å². The fourth-order valence-corrected chi connectivity index (χ4v) is 4.15. The summed E-state index contributed by atoms with van der Waals surface area (Å²) in [5, 5.41) is 12.6. The largest absolute Gasteiger partial charge is 0.304 e. The van der Waals surface area contributed by atoms with Crippen LogP contribution in [0.3, 0.4) is 0 Å². The first kappa shape index (κ1) is 16.1. The van der Waals surface area contributed by atoms with Crippen LogP contribution in [-0.2, 0) is 12.8 Å². The van der Waals surface area contributed by atoms with Gasteiger partial charge in [0.15, 0.2) is 11.0 Å². The molecule has 0 unspecified atom stereocenters. The maximum absolute atomic E-state index is 4.73. The highest BCUT2D eigenvalue weighted by molar-refractivity contribution is 7.98. The molecule has 0 bridgehead atoms. The highest BCUT2D eigenvalue weighted by Crippen LogP contribution is 2.29. The molecule has 0 amide bonds. The number of hydrogen-bond acceptors (Lipinski definition) is 5. The topological polar surface area (TPSA) is 43.6 Å². The second kappa shape index (κ2) is 7.21. The fourth-order valence-electron chi connectivity index (χ4n) is 2.48. The van der Waals surface area contributed by atoms with E-state index in [9.17, 15) is 0 Å². The molecule has 2 heterocycles. The number of hydrogen-bond donors (Lipinski definition) is 0. The van der Waals surface area contributed by atoms with Gasteiger partial charge in [-0.2, -0.15) is 0 Å². The van der Waals surface area contributed by atoms with Crippen molar-refractivity contribution in [2.45, 2.75) is 10.9 Å². The lowest BCUT2D eigenvalue weighted by molar-refractivity contribution is 0.792. The number of nitrogens with zero attached hydrogens (tertiary/aromatic N) is 4. The van der Waals surface area contributed by atoms with Crippen LogP contribution in [0.1, 0.15) is 5.56 Å². The number of aromatic nitrogens is 4. The van der Waals surface area contributed by atoms with Crippen molar-refractivity contribution in [1.82, 2.24) is 19.7 Å². The Morgan fingerprint density at radius 1 is 0.960 bits per heavy atom. The van der Waals surface area contributed by atoms with E-state index in [4.69, 9.17) is 4.98 Å². The van der Waals surface area contributed by atoms with Crippen molar-refractivity contribution < 1.29 is 0 Å². The predicted molar refractivity (Wildman–Crippen MR) is 104 cm³/mol. The molecule has 2 aromatic carbocycles. The molecule has 4 nitrogen and oxygen atoms in total. The summed E-state index contributed by atoms with van der Waals surface area (Å²) in [7, 11) is 1.99. The second-order valence-electron chi connectivity index (χ2n) is 5.54. The first-order valence-corrected chi connectivity index (χ1v) is 9.75. The third kappa shape index (κ3) is 3.50. The van der Waals surface area contributed by atoms with Crippen LogP contribution < -0.4 is 0 Å². The van der Waals surface area contributed by atoms with Gasteiger partial charge in [-0.15, -0.1) is 21.5 Å². The zero-order valence-corrected chi connectivity index (χ0v) is 15.3. The molecule has 0 fully saturated rings. The SMILES string of the molecule is Cn1c(SCc2ccccc2)nnc1-c1csc(-c2ccccc2)n1. The molecule has 0 saturated carbocycles. The van der Waals surface area contributed by atoms with E-state index in [0.29, 0.717) is 0 Å². The summed E-state index contributed by atoms with van der Waals surface area (Å²) in [6.45, 7) is 0. The smallest absolute Gasteiger partial charge is 0.191 e. The highest BCUT2D eigenvalue weighted by Gasteiger charge is 2.15. The summed E-state index contributed by atoms with van der Waals surface area (Å²) in [6, 6.07) is 20.6. The van der Waals surface area contributed by atoms with Gasteiger partial charge in [0.05, 0.1) is 0 Å². The lowest BCUT2D eigenvalue weighted by Crippen LogP contribution is -1.95. The molecule has 0 N–H and O–H groups in total. The number of thioether (sulfide) groups is 1. The Bertz CT molecular complexity index is 962. The molecule has 4 aromatic rings. The van der Waals surface area contributed by atoms with Crippen molar-refractivity contribution in [2.24, 2.45) is 7.05 Å². The van der Waals surface area contributed by atoms with Crippen molar-refractivity contribution in [3.05, 3.63) is 71.6 Å². The van der Waals surface area contributed by atoms with Gasteiger partial charge in [-0.1, -0.05) is 72.4 Å². The van der Waals surface area contributed by atoms with Crippen LogP contribution in [0, 0.1) is 0 Å². The second-order valence-corrected chi connectivity index (χ2v) is 7.34. The Hall–Kier alpha value is -2.44. The predicted octanol–water partition coefficient (Wildman–Crippen LogP) is 4.90. The Balaban J connectivity index is 1.54. The summed E-state index contributed by atoms with van der Waals surface area (Å²) in [5.74, 6) is 1.67. The first-order chi connectivity index (χ1) is 12.3. The molecule has 0 radical (unpaired) electrons. The van der Waals surface area contributed by atoms with Gasteiger partial charge in [0, 0.05) is 23.7 Å². The molecule has 124 valence electrons. The molecular weight excluding hydrogens is 348 g/mol. The van der Waals surface area contributed by atoms with Gasteiger partial charge < -0.3 is 4.57 Å². The molecule has 4 rings (SSSR count). The van der Waals surface area contributed by atoms with E-state index in [1.807, 2.05) is 41.3 Å². The van der Waals surface area contributed by atoms with Crippen LogP contribution in [0.25, 0.3) is 22.1 Å². The normalized spacial score (nSPS) is 10.9. The Morgan fingerprint density at radius 3 is 2.44 bits per heavy atom. The van der Waals surface area contributed by atoms with Gasteiger partial charge in [0.25, 0.3) is 0 Å². The minimum absolute atomic E-state index is 0.800. The van der Waals surface area contributed by atoms with Crippen LogP contribution in [0.5, 0.6) is 0 Å². The lowest BCUT2D eigenvalue weighted by Gasteiger charge is -2.02. The van der Waals surface area contributed by atoms with Gasteiger partial charge in [-0.05, 0) is 5.56 Å². The molecule has 0 spiro atoms. The molecule has 0 aliphatic rings. The number of thiazole rings is 1. The summed E-state index contributed by atoms with van der Waals surface area (Å²) >= 11 is 3.31. The van der Waals surface area contributed by atoms with Crippen molar-refractivity contribution in [3.8, 4) is 22.1 Å². The van der Waals surface area contributed by atoms with E-state index in [-0.39, 0.29) is 0 Å². The highest BCUT2D eigenvalue weighted by atomic mass is 32.2. The average Bonchev–Trinajstić information content (AvgIpc) is 3.28. The molecule has 0 atom stereocenters. The van der Waals surface area contributed by atoms with Crippen molar-refractivity contribution in [3.63, 3.8) is 0 Å². The quantitative estimate of drug-likeness (QED) is 0.473. The maximum Gasteiger partial charge on any atom is 0.191 e. The summed E-state index contributed by atoms with van der Waals surface area (Å²) in [4.78, 5) is 4.73. The minimum Gasteiger partial charge on any atom is -0.304 e. The van der Waals surface area contributed by atoms with E-state index in [1.54, 1.807) is 23.1 Å². The Kier molecular flexibility index (Phi) is 4.63.